The number of carbonyl (C=O) groups excluding carboxylic acids is 1. The highest BCUT2D eigenvalue weighted by atomic mass is 16.5. The molecule has 0 radical (unpaired) electrons. The molecule has 1 N–H and O–H groups in total. The lowest BCUT2D eigenvalue weighted by Gasteiger charge is -2.30. The van der Waals surface area contributed by atoms with Gasteiger partial charge in [0.15, 0.2) is 0 Å². The molecule has 37 heavy (non-hydrogen) atoms. The Hall–Kier alpha value is -3.67. The van der Waals surface area contributed by atoms with Crippen molar-refractivity contribution in [3.8, 4) is 5.88 Å². The third-order valence-corrected chi connectivity index (χ3v) is 7.67. The van der Waals surface area contributed by atoms with Crippen LogP contribution in [0, 0.1) is 13.8 Å². The Morgan fingerprint density at radius 1 is 1.03 bits per heavy atom. The maximum absolute atomic E-state index is 13.5. The number of hydrogen-bond acceptors (Lipinski definition) is 4. The SMILES string of the molecule is Cc1cc2ccc1C(=O)N1CCc3ccc(cc3C1)C(CC(=O)O)c1ccc(nc1C)OCCCCC2. The van der Waals surface area contributed by atoms with Crippen LogP contribution in [0.25, 0.3) is 0 Å². The van der Waals surface area contributed by atoms with Crippen LogP contribution >= 0.6 is 0 Å². The van der Waals surface area contributed by atoms with Crippen molar-refractivity contribution in [2.45, 2.75) is 64.8 Å². The van der Waals surface area contributed by atoms with Crippen LogP contribution < -0.4 is 4.74 Å². The van der Waals surface area contributed by atoms with Crippen molar-refractivity contribution in [2.75, 3.05) is 13.2 Å². The fourth-order valence-electron chi connectivity index (χ4n) is 5.62. The van der Waals surface area contributed by atoms with Crippen LogP contribution in [0.4, 0.5) is 0 Å². The number of benzene rings is 2. The van der Waals surface area contributed by atoms with E-state index in [1.165, 1.54) is 11.1 Å². The third-order valence-electron chi connectivity index (χ3n) is 7.67. The molecule has 6 heteroatoms. The van der Waals surface area contributed by atoms with Crippen molar-refractivity contribution in [3.63, 3.8) is 0 Å². The van der Waals surface area contributed by atoms with Crippen LogP contribution in [0.3, 0.4) is 0 Å². The van der Waals surface area contributed by atoms with E-state index < -0.39 is 5.97 Å². The summed E-state index contributed by atoms with van der Waals surface area (Å²) in [4.78, 5) is 31.9. The Morgan fingerprint density at radius 3 is 2.68 bits per heavy atom. The molecule has 5 aliphatic heterocycles. The minimum Gasteiger partial charge on any atom is -0.481 e. The van der Waals surface area contributed by atoms with Crippen LogP contribution in [0.5, 0.6) is 5.88 Å². The van der Waals surface area contributed by atoms with Crippen LogP contribution in [0.2, 0.25) is 0 Å². The molecule has 8 rings (SSSR count). The molecule has 1 atom stereocenters. The van der Waals surface area contributed by atoms with Gasteiger partial charge >= 0.3 is 5.97 Å². The highest BCUT2D eigenvalue weighted by molar-refractivity contribution is 5.95. The van der Waals surface area contributed by atoms with Crippen LogP contribution in [0.1, 0.15) is 81.0 Å². The number of aryl methyl sites for hydroxylation is 3. The van der Waals surface area contributed by atoms with Crippen molar-refractivity contribution >= 4 is 11.9 Å². The first-order valence-electron chi connectivity index (χ1n) is 13.2. The smallest absolute Gasteiger partial charge is 0.304 e. The molecule has 0 saturated heterocycles. The second-order valence-corrected chi connectivity index (χ2v) is 10.3. The quantitative estimate of drug-likeness (QED) is 0.497. The van der Waals surface area contributed by atoms with Gasteiger partial charge in [-0.05, 0) is 85.4 Å². The summed E-state index contributed by atoms with van der Waals surface area (Å²) in [5.74, 6) is -0.559. The topological polar surface area (TPSA) is 79.7 Å². The predicted molar refractivity (Wildman–Crippen MR) is 142 cm³/mol. The van der Waals surface area contributed by atoms with Crippen LogP contribution in [-0.2, 0) is 24.2 Å². The zero-order valence-corrected chi connectivity index (χ0v) is 21.6. The van der Waals surface area contributed by atoms with Gasteiger partial charge in [0.25, 0.3) is 5.91 Å². The van der Waals surface area contributed by atoms with Gasteiger partial charge in [0, 0.05) is 36.3 Å². The summed E-state index contributed by atoms with van der Waals surface area (Å²) in [7, 11) is 0. The number of amides is 1. The molecule has 7 bridgehead atoms. The molecule has 192 valence electrons. The van der Waals surface area contributed by atoms with Gasteiger partial charge < -0.3 is 14.7 Å². The van der Waals surface area contributed by atoms with E-state index in [-0.39, 0.29) is 18.2 Å². The predicted octanol–water partition coefficient (Wildman–Crippen LogP) is 5.61. The maximum Gasteiger partial charge on any atom is 0.304 e. The molecular formula is C31H34N2O4. The number of carboxylic acid groups (broad SMARTS) is 1. The Morgan fingerprint density at radius 2 is 1.89 bits per heavy atom. The molecule has 6 heterocycles. The molecule has 3 aromatic rings. The van der Waals surface area contributed by atoms with Crippen molar-refractivity contribution in [2.24, 2.45) is 0 Å². The lowest BCUT2D eigenvalue weighted by molar-refractivity contribution is -0.137. The Balaban J connectivity index is 1.53. The van der Waals surface area contributed by atoms with Gasteiger partial charge in [0.1, 0.15) is 0 Å². The van der Waals surface area contributed by atoms with Gasteiger partial charge in [-0.1, -0.05) is 36.4 Å². The van der Waals surface area contributed by atoms with E-state index in [4.69, 9.17) is 4.74 Å². The van der Waals surface area contributed by atoms with Crippen molar-refractivity contribution in [1.29, 1.82) is 0 Å². The fourth-order valence-corrected chi connectivity index (χ4v) is 5.62. The number of aromatic nitrogens is 1. The lowest BCUT2D eigenvalue weighted by Crippen LogP contribution is -2.36. The van der Waals surface area contributed by atoms with Gasteiger partial charge in [-0.3, -0.25) is 9.59 Å². The molecule has 2 aromatic carbocycles. The minimum absolute atomic E-state index is 0.0320. The summed E-state index contributed by atoms with van der Waals surface area (Å²) >= 11 is 0. The summed E-state index contributed by atoms with van der Waals surface area (Å²) in [6.45, 7) is 5.73. The van der Waals surface area contributed by atoms with Crippen molar-refractivity contribution in [1.82, 2.24) is 9.88 Å². The number of carbonyl (C=O) groups is 2. The molecule has 0 fully saturated rings. The zero-order chi connectivity index (χ0) is 25.9. The Kier molecular flexibility index (Phi) is 7.26. The highest BCUT2D eigenvalue weighted by Crippen LogP contribution is 2.34. The van der Waals surface area contributed by atoms with E-state index in [9.17, 15) is 14.7 Å². The molecule has 0 aliphatic carbocycles. The number of ether oxygens (including phenoxy) is 1. The number of rotatable bonds is 2. The second kappa shape index (κ2) is 10.8. The van der Waals surface area contributed by atoms with Crippen LogP contribution in [-0.4, -0.2) is 40.0 Å². The highest BCUT2D eigenvalue weighted by Gasteiger charge is 2.26. The molecule has 0 spiro atoms. The van der Waals surface area contributed by atoms with E-state index in [2.05, 4.69) is 29.2 Å². The van der Waals surface area contributed by atoms with Crippen molar-refractivity contribution < 1.29 is 19.4 Å². The first-order valence-corrected chi connectivity index (χ1v) is 13.2. The molecular weight excluding hydrogens is 464 g/mol. The van der Waals surface area contributed by atoms with Crippen LogP contribution in [0.15, 0.2) is 48.5 Å². The largest absolute Gasteiger partial charge is 0.481 e. The average molecular weight is 499 g/mol. The van der Waals surface area contributed by atoms with E-state index in [1.807, 2.05) is 43.0 Å². The Bertz CT molecular complexity index is 1330. The molecule has 1 unspecified atom stereocenters. The average Bonchev–Trinajstić information content (AvgIpc) is 2.88. The standard InChI is InChI=1S/C31H34N2O4/c1-20-16-22-6-4-3-5-15-37-29-12-11-27(21(2)32-29)28(18-30(34)35)24-9-8-23-13-14-33(19-25(23)17-24)31(36)26(20)10-7-22/h7-12,16-17,28H,3-6,13-15,18-19H2,1-2H3,(H,34,35). The van der Waals surface area contributed by atoms with Gasteiger partial charge in [-0.2, -0.15) is 0 Å². The number of carboxylic acids is 1. The molecule has 0 saturated carbocycles. The summed E-state index contributed by atoms with van der Waals surface area (Å²) in [5.41, 5.74) is 7.92. The monoisotopic (exact) mass is 498 g/mol. The maximum atomic E-state index is 13.5. The van der Waals surface area contributed by atoms with E-state index in [0.717, 1.165) is 65.6 Å². The number of pyridine rings is 1. The number of hydrogen-bond donors (Lipinski definition) is 1. The first-order chi connectivity index (χ1) is 17.9. The summed E-state index contributed by atoms with van der Waals surface area (Å²) in [6.07, 6.45) is 4.77. The van der Waals surface area contributed by atoms with E-state index in [1.54, 1.807) is 0 Å². The van der Waals surface area contributed by atoms with Crippen molar-refractivity contribution in [3.05, 3.63) is 93.2 Å². The summed E-state index contributed by atoms with van der Waals surface area (Å²) < 4.78 is 5.92. The second-order valence-electron chi connectivity index (χ2n) is 10.3. The van der Waals surface area contributed by atoms with E-state index in [0.29, 0.717) is 25.6 Å². The van der Waals surface area contributed by atoms with Gasteiger partial charge in [0.05, 0.1) is 13.0 Å². The molecule has 1 amide bonds. The van der Waals surface area contributed by atoms with Gasteiger partial charge in [-0.25, -0.2) is 4.98 Å². The van der Waals surface area contributed by atoms with Gasteiger partial charge in [0.2, 0.25) is 5.88 Å². The molecule has 5 aliphatic rings. The lowest BCUT2D eigenvalue weighted by atomic mass is 9.85. The fraction of sp³-hybridized carbons (Fsp3) is 0.387. The first kappa shape index (κ1) is 25.0. The third kappa shape index (κ3) is 5.53. The molecule has 1 aromatic heterocycles. The normalized spacial score (nSPS) is 17.9. The molecule has 6 nitrogen and oxygen atoms in total. The van der Waals surface area contributed by atoms with E-state index >= 15 is 0 Å². The zero-order valence-electron chi connectivity index (χ0n) is 21.6. The summed E-state index contributed by atoms with van der Waals surface area (Å²) in [5, 5.41) is 9.73. The number of nitrogens with zero attached hydrogens (tertiary/aromatic N) is 2. The summed E-state index contributed by atoms with van der Waals surface area (Å²) in [6, 6.07) is 16.2. The van der Waals surface area contributed by atoms with Gasteiger partial charge in [-0.15, -0.1) is 0 Å². The Labute approximate surface area is 218 Å². The minimum atomic E-state index is -0.858. The number of aliphatic carboxylic acids is 1.